The smallest absolute Gasteiger partial charge is 0.254 e. The summed E-state index contributed by atoms with van der Waals surface area (Å²) in [5.74, 6) is -0.616. The number of primary amides is 1. The summed E-state index contributed by atoms with van der Waals surface area (Å²) in [7, 11) is 0. The van der Waals surface area contributed by atoms with Crippen molar-refractivity contribution in [3.8, 4) is 0 Å². The Morgan fingerprint density at radius 3 is 2.80 bits per heavy atom. The van der Waals surface area contributed by atoms with Crippen LogP contribution in [0.2, 0.25) is 0 Å². The van der Waals surface area contributed by atoms with Crippen LogP contribution in [0.15, 0.2) is 18.2 Å². The number of benzene rings is 1. The van der Waals surface area contributed by atoms with Crippen molar-refractivity contribution in [1.82, 2.24) is 4.90 Å². The third-order valence-corrected chi connectivity index (χ3v) is 3.54. The minimum Gasteiger partial charge on any atom is -0.385 e. The van der Waals surface area contributed by atoms with Crippen molar-refractivity contribution in [3.63, 3.8) is 0 Å². The molecule has 3 N–H and O–H groups in total. The van der Waals surface area contributed by atoms with E-state index in [4.69, 9.17) is 5.73 Å². The normalized spacial score (nSPS) is 13.6. The van der Waals surface area contributed by atoms with Crippen molar-refractivity contribution in [1.29, 1.82) is 0 Å². The molecule has 1 aliphatic heterocycles. The number of amides is 2. The maximum Gasteiger partial charge on any atom is 0.254 e. The van der Waals surface area contributed by atoms with E-state index in [-0.39, 0.29) is 18.5 Å². The van der Waals surface area contributed by atoms with Crippen LogP contribution in [0.4, 0.5) is 5.69 Å². The summed E-state index contributed by atoms with van der Waals surface area (Å²) in [5, 5.41) is 3.30. The molecule has 0 fully saturated rings. The zero-order chi connectivity index (χ0) is 14.7. The molecule has 1 aliphatic rings. The van der Waals surface area contributed by atoms with E-state index in [0.29, 0.717) is 5.56 Å². The molecule has 0 atom stereocenters. The Morgan fingerprint density at radius 1 is 1.40 bits per heavy atom. The molecular weight excluding hydrogens is 254 g/mol. The van der Waals surface area contributed by atoms with Crippen LogP contribution < -0.4 is 11.1 Å². The average Bonchev–Trinajstić information content (AvgIpc) is 2.43. The number of anilines is 1. The fourth-order valence-corrected chi connectivity index (χ4v) is 2.52. The minimum absolute atomic E-state index is 0.0480. The Labute approximate surface area is 119 Å². The fourth-order valence-electron chi connectivity index (χ4n) is 2.52. The summed E-state index contributed by atoms with van der Waals surface area (Å²) >= 11 is 0. The quantitative estimate of drug-likeness (QED) is 0.871. The molecule has 1 aromatic carbocycles. The lowest BCUT2D eigenvalue weighted by molar-refractivity contribution is -0.119. The molecule has 108 valence electrons. The number of carbonyl (C=O) groups excluding carboxylic acids is 2. The fraction of sp³-hybridized carbons (Fsp3) is 0.467. The molecule has 0 saturated carbocycles. The van der Waals surface area contributed by atoms with Crippen molar-refractivity contribution >= 4 is 17.5 Å². The van der Waals surface area contributed by atoms with Gasteiger partial charge in [-0.05, 0) is 44.4 Å². The lowest BCUT2D eigenvalue weighted by atomic mass is 9.96. The number of hydrogen-bond acceptors (Lipinski definition) is 3. The van der Waals surface area contributed by atoms with Crippen LogP contribution in [-0.4, -0.2) is 35.8 Å². The molecule has 0 spiro atoms. The Balaban J connectivity index is 2.34. The SMILES string of the molecule is CC(C)N(CC(N)=O)C(=O)c1cccc2c1CCCN2. The van der Waals surface area contributed by atoms with Gasteiger partial charge in [0.05, 0.1) is 6.54 Å². The predicted molar refractivity (Wildman–Crippen MR) is 78.6 cm³/mol. The van der Waals surface area contributed by atoms with Gasteiger partial charge >= 0.3 is 0 Å². The van der Waals surface area contributed by atoms with Crippen molar-refractivity contribution < 1.29 is 9.59 Å². The molecule has 5 heteroatoms. The third kappa shape index (κ3) is 2.92. The van der Waals surface area contributed by atoms with Gasteiger partial charge in [0.2, 0.25) is 5.91 Å². The van der Waals surface area contributed by atoms with E-state index in [0.717, 1.165) is 30.6 Å². The van der Waals surface area contributed by atoms with Gasteiger partial charge in [-0.25, -0.2) is 0 Å². The molecule has 1 aromatic rings. The second kappa shape index (κ2) is 5.94. The van der Waals surface area contributed by atoms with Gasteiger partial charge in [0.25, 0.3) is 5.91 Å². The molecule has 1 heterocycles. The average molecular weight is 275 g/mol. The van der Waals surface area contributed by atoms with Gasteiger partial charge in [0.15, 0.2) is 0 Å². The summed E-state index contributed by atoms with van der Waals surface area (Å²) in [6.07, 6.45) is 1.89. The molecule has 0 bridgehead atoms. The van der Waals surface area contributed by atoms with Gasteiger partial charge in [0.1, 0.15) is 0 Å². The highest BCUT2D eigenvalue weighted by Crippen LogP contribution is 2.26. The highest BCUT2D eigenvalue weighted by molar-refractivity contribution is 5.99. The van der Waals surface area contributed by atoms with E-state index < -0.39 is 5.91 Å². The molecule has 0 saturated heterocycles. The van der Waals surface area contributed by atoms with Crippen molar-refractivity contribution in [2.24, 2.45) is 5.73 Å². The predicted octanol–water partition coefficient (Wildman–Crippen LogP) is 1.38. The van der Waals surface area contributed by atoms with Crippen LogP contribution in [0.25, 0.3) is 0 Å². The van der Waals surface area contributed by atoms with E-state index in [2.05, 4.69) is 5.32 Å². The Hall–Kier alpha value is -2.04. The van der Waals surface area contributed by atoms with Crippen molar-refractivity contribution in [3.05, 3.63) is 29.3 Å². The molecule has 0 aliphatic carbocycles. The lowest BCUT2D eigenvalue weighted by Gasteiger charge is -2.28. The number of rotatable bonds is 4. The van der Waals surface area contributed by atoms with Gasteiger partial charge in [-0.1, -0.05) is 6.07 Å². The number of nitrogens with zero attached hydrogens (tertiary/aromatic N) is 1. The first-order chi connectivity index (χ1) is 9.50. The Kier molecular flexibility index (Phi) is 4.27. The Morgan fingerprint density at radius 2 is 2.15 bits per heavy atom. The largest absolute Gasteiger partial charge is 0.385 e. The van der Waals surface area contributed by atoms with E-state index in [1.807, 2.05) is 32.0 Å². The van der Waals surface area contributed by atoms with Gasteiger partial charge < -0.3 is 16.0 Å². The first kappa shape index (κ1) is 14.4. The van der Waals surface area contributed by atoms with Crippen LogP contribution in [0, 0.1) is 0 Å². The monoisotopic (exact) mass is 275 g/mol. The van der Waals surface area contributed by atoms with Gasteiger partial charge in [-0.15, -0.1) is 0 Å². The molecule has 0 unspecified atom stereocenters. The summed E-state index contributed by atoms with van der Waals surface area (Å²) < 4.78 is 0. The molecule has 2 rings (SSSR count). The van der Waals surface area contributed by atoms with Gasteiger partial charge in [0, 0.05) is 23.8 Å². The van der Waals surface area contributed by atoms with Crippen LogP contribution in [0.3, 0.4) is 0 Å². The lowest BCUT2D eigenvalue weighted by Crippen LogP contribution is -2.43. The first-order valence-electron chi connectivity index (χ1n) is 6.95. The summed E-state index contributed by atoms with van der Waals surface area (Å²) in [6, 6.07) is 5.61. The second-order valence-corrected chi connectivity index (χ2v) is 5.36. The van der Waals surface area contributed by atoms with Crippen LogP contribution in [0.1, 0.15) is 36.2 Å². The number of carbonyl (C=O) groups is 2. The number of nitrogens with two attached hydrogens (primary N) is 1. The van der Waals surface area contributed by atoms with Crippen molar-refractivity contribution in [2.45, 2.75) is 32.7 Å². The van der Waals surface area contributed by atoms with Crippen molar-refractivity contribution in [2.75, 3.05) is 18.4 Å². The van der Waals surface area contributed by atoms with E-state index >= 15 is 0 Å². The van der Waals surface area contributed by atoms with Gasteiger partial charge in [-0.3, -0.25) is 9.59 Å². The molecule has 2 amide bonds. The van der Waals surface area contributed by atoms with E-state index in [1.165, 1.54) is 4.90 Å². The molecule has 20 heavy (non-hydrogen) atoms. The molecule has 0 aromatic heterocycles. The molecule has 0 radical (unpaired) electrons. The molecule has 5 nitrogen and oxygen atoms in total. The topological polar surface area (TPSA) is 75.4 Å². The maximum absolute atomic E-state index is 12.7. The zero-order valence-electron chi connectivity index (χ0n) is 12.0. The standard InChI is InChI=1S/C15H21N3O2/c1-10(2)18(9-14(16)19)15(20)12-5-3-7-13-11(12)6-4-8-17-13/h3,5,7,10,17H,4,6,8-9H2,1-2H3,(H2,16,19). The highest BCUT2D eigenvalue weighted by atomic mass is 16.2. The Bertz CT molecular complexity index is 526. The number of fused-ring (bicyclic) bond motifs is 1. The van der Waals surface area contributed by atoms with E-state index in [9.17, 15) is 9.59 Å². The summed E-state index contributed by atoms with van der Waals surface area (Å²) in [6.45, 7) is 4.65. The van der Waals surface area contributed by atoms with Crippen LogP contribution >= 0.6 is 0 Å². The zero-order valence-corrected chi connectivity index (χ0v) is 12.0. The minimum atomic E-state index is -0.491. The van der Waals surface area contributed by atoms with E-state index in [1.54, 1.807) is 0 Å². The number of nitrogens with one attached hydrogen (secondary N) is 1. The second-order valence-electron chi connectivity index (χ2n) is 5.36. The van der Waals surface area contributed by atoms with Crippen LogP contribution in [-0.2, 0) is 11.2 Å². The van der Waals surface area contributed by atoms with Crippen LogP contribution in [0.5, 0.6) is 0 Å². The summed E-state index contributed by atoms with van der Waals surface area (Å²) in [4.78, 5) is 25.4. The highest BCUT2D eigenvalue weighted by Gasteiger charge is 2.24. The molecular formula is C15H21N3O2. The van der Waals surface area contributed by atoms with Gasteiger partial charge in [-0.2, -0.15) is 0 Å². The number of hydrogen-bond donors (Lipinski definition) is 2. The third-order valence-electron chi connectivity index (χ3n) is 3.54. The first-order valence-corrected chi connectivity index (χ1v) is 6.95. The maximum atomic E-state index is 12.7. The summed E-state index contributed by atoms with van der Waals surface area (Å²) in [5.41, 5.74) is 7.97.